The molecule has 1 atom stereocenters. The highest BCUT2D eigenvalue weighted by Gasteiger charge is 2.16. The Morgan fingerprint density at radius 1 is 1.55 bits per heavy atom. The number of nitrogens with zero attached hydrogens (tertiary/aromatic N) is 2. The lowest BCUT2D eigenvalue weighted by Crippen LogP contribution is -2.26. The predicted octanol–water partition coefficient (Wildman–Crippen LogP) is 3.48. The fraction of sp³-hybridized carbons (Fsp3) is 0.333. The Labute approximate surface area is 138 Å². The number of methoxy groups -OCH3 is 1. The highest BCUT2D eigenvalue weighted by Crippen LogP contribution is 2.25. The van der Waals surface area contributed by atoms with Gasteiger partial charge in [0.1, 0.15) is 16.9 Å². The topological polar surface area (TPSA) is 62.7 Å². The molecule has 1 amide bonds. The highest BCUT2D eigenvalue weighted by molar-refractivity contribution is 7.09. The Bertz CT molecular complexity index is 675. The molecular weight excluding hydrogens is 324 g/mol. The molecule has 0 radical (unpaired) electrons. The molecule has 118 valence electrons. The number of halogens is 1. The zero-order chi connectivity index (χ0) is 16.3. The van der Waals surface area contributed by atoms with Gasteiger partial charge >= 0.3 is 0 Å². The van der Waals surface area contributed by atoms with E-state index in [1.54, 1.807) is 25.1 Å². The van der Waals surface area contributed by atoms with Gasteiger partial charge in [-0.2, -0.15) is 0 Å². The molecule has 0 aliphatic heterocycles. The Kier molecular flexibility index (Phi) is 5.39. The number of thiazole rings is 1. The van der Waals surface area contributed by atoms with Gasteiger partial charge < -0.3 is 14.7 Å². The van der Waals surface area contributed by atoms with Crippen LogP contribution in [-0.2, 0) is 11.3 Å². The molecule has 1 aromatic heterocycles. The molecule has 1 N–H and O–H groups in total. The summed E-state index contributed by atoms with van der Waals surface area (Å²) in [6.07, 6.45) is -0.0596. The van der Waals surface area contributed by atoms with E-state index in [0.717, 1.165) is 10.7 Å². The lowest BCUT2D eigenvalue weighted by Gasteiger charge is -2.16. The first-order valence-electron chi connectivity index (χ1n) is 6.63. The van der Waals surface area contributed by atoms with E-state index in [-0.39, 0.29) is 22.8 Å². The molecule has 0 bridgehead atoms. The molecule has 2 aromatic rings. The van der Waals surface area contributed by atoms with Crippen molar-refractivity contribution in [3.8, 4) is 5.75 Å². The molecule has 0 fully saturated rings. The van der Waals surface area contributed by atoms with E-state index in [1.165, 1.54) is 23.5 Å². The number of amides is 1. The zero-order valence-electron chi connectivity index (χ0n) is 12.5. The third-order valence-electron chi connectivity index (χ3n) is 3.21. The molecule has 1 aromatic carbocycles. The van der Waals surface area contributed by atoms with Crippen molar-refractivity contribution in [3.63, 3.8) is 0 Å². The maximum absolute atomic E-state index is 12.3. The summed E-state index contributed by atoms with van der Waals surface area (Å²) in [6.45, 7) is 2.32. The Balaban J connectivity index is 2.07. The van der Waals surface area contributed by atoms with Crippen molar-refractivity contribution >= 4 is 28.8 Å². The van der Waals surface area contributed by atoms with Gasteiger partial charge in [-0.25, -0.2) is 4.98 Å². The highest BCUT2D eigenvalue weighted by atomic mass is 35.5. The number of ether oxygens (including phenoxy) is 1. The van der Waals surface area contributed by atoms with E-state index in [1.807, 2.05) is 12.3 Å². The molecular formula is C15H17ClN2O3S. The summed E-state index contributed by atoms with van der Waals surface area (Å²) in [4.78, 5) is 18.4. The van der Waals surface area contributed by atoms with Gasteiger partial charge in [0.2, 0.25) is 0 Å². The van der Waals surface area contributed by atoms with Gasteiger partial charge in [0.25, 0.3) is 5.91 Å². The first-order valence-corrected chi connectivity index (χ1v) is 7.89. The number of hydrogen-bond donors (Lipinski definition) is 1. The average Bonchev–Trinajstić information content (AvgIpc) is 2.96. The van der Waals surface area contributed by atoms with Gasteiger partial charge in [0.15, 0.2) is 0 Å². The van der Waals surface area contributed by atoms with Crippen molar-refractivity contribution in [1.82, 2.24) is 9.88 Å². The first kappa shape index (κ1) is 16.7. The van der Waals surface area contributed by atoms with Gasteiger partial charge in [-0.15, -0.1) is 11.3 Å². The second-order valence-electron chi connectivity index (χ2n) is 4.88. The van der Waals surface area contributed by atoms with Gasteiger partial charge in [0, 0.05) is 25.1 Å². The van der Waals surface area contributed by atoms with Crippen LogP contribution in [-0.4, -0.2) is 35.1 Å². The van der Waals surface area contributed by atoms with E-state index in [2.05, 4.69) is 4.98 Å². The second kappa shape index (κ2) is 7.09. The van der Waals surface area contributed by atoms with Crippen molar-refractivity contribution < 1.29 is 14.6 Å². The molecule has 0 saturated carbocycles. The summed E-state index contributed by atoms with van der Waals surface area (Å²) < 4.78 is 5.22. The lowest BCUT2D eigenvalue weighted by molar-refractivity contribution is 0.0783. The molecule has 0 aliphatic rings. The quantitative estimate of drug-likeness (QED) is 0.905. The largest absolute Gasteiger partial charge is 0.506 e. The van der Waals surface area contributed by atoms with Crippen LogP contribution in [0.15, 0.2) is 23.6 Å². The van der Waals surface area contributed by atoms with Gasteiger partial charge in [-0.05, 0) is 25.1 Å². The van der Waals surface area contributed by atoms with Crippen LogP contribution in [0.5, 0.6) is 5.75 Å². The molecule has 2 rings (SSSR count). The molecule has 7 heteroatoms. The normalized spacial score (nSPS) is 12.2. The number of hydrogen-bond acceptors (Lipinski definition) is 5. The van der Waals surface area contributed by atoms with E-state index in [9.17, 15) is 9.90 Å². The fourth-order valence-corrected chi connectivity index (χ4v) is 2.88. The van der Waals surface area contributed by atoms with E-state index in [4.69, 9.17) is 16.3 Å². The van der Waals surface area contributed by atoms with Crippen molar-refractivity contribution in [2.45, 2.75) is 19.6 Å². The van der Waals surface area contributed by atoms with Gasteiger partial charge in [-0.3, -0.25) is 4.79 Å². The maximum atomic E-state index is 12.3. The standard InChI is InChI=1S/C15H17ClN2O3S/c1-9(21-3)14-17-11(8-22-14)7-18(2)15(20)10-4-5-13(19)12(16)6-10/h4-6,8-9,19H,7H2,1-3H3/t9-/m1/s1. The smallest absolute Gasteiger partial charge is 0.254 e. The minimum Gasteiger partial charge on any atom is -0.506 e. The number of carbonyl (C=O) groups excluding carboxylic acids is 1. The van der Waals surface area contributed by atoms with Crippen LogP contribution in [0.4, 0.5) is 0 Å². The zero-order valence-corrected chi connectivity index (χ0v) is 14.1. The summed E-state index contributed by atoms with van der Waals surface area (Å²) in [7, 11) is 3.33. The number of phenols is 1. The molecule has 0 saturated heterocycles. The first-order chi connectivity index (χ1) is 10.4. The molecule has 22 heavy (non-hydrogen) atoms. The maximum Gasteiger partial charge on any atom is 0.254 e. The Morgan fingerprint density at radius 2 is 2.27 bits per heavy atom. The number of rotatable bonds is 5. The number of phenolic OH excluding ortho intramolecular Hbond substituents is 1. The van der Waals surface area contributed by atoms with Crippen molar-refractivity contribution in [3.05, 3.63) is 44.9 Å². The molecule has 1 heterocycles. The minimum atomic E-state index is -0.184. The van der Waals surface area contributed by atoms with E-state index >= 15 is 0 Å². The van der Waals surface area contributed by atoms with Gasteiger partial charge in [0.05, 0.1) is 17.3 Å². The SMILES string of the molecule is CO[C@H](C)c1nc(CN(C)C(=O)c2ccc(O)c(Cl)c2)cs1. The molecule has 0 unspecified atom stereocenters. The lowest BCUT2D eigenvalue weighted by atomic mass is 10.2. The summed E-state index contributed by atoms with van der Waals surface area (Å²) in [5.41, 5.74) is 1.23. The summed E-state index contributed by atoms with van der Waals surface area (Å²) in [5, 5.41) is 12.4. The molecule has 5 nitrogen and oxygen atoms in total. The number of carbonyl (C=O) groups is 1. The van der Waals surface area contributed by atoms with Crippen LogP contribution in [0.3, 0.4) is 0 Å². The van der Waals surface area contributed by atoms with Gasteiger partial charge in [-0.1, -0.05) is 11.6 Å². The third-order valence-corrected chi connectivity index (χ3v) is 4.57. The third kappa shape index (κ3) is 3.76. The number of aromatic nitrogens is 1. The van der Waals surface area contributed by atoms with E-state index in [0.29, 0.717) is 12.1 Å². The minimum absolute atomic E-state index is 0.0430. The number of aromatic hydroxyl groups is 1. The second-order valence-corrected chi connectivity index (χ2v) is 6.18. The van der Waals surface area contributed by atoms with Crippen molar-refractivity contribution in [1.29, 1.82) is 0 Å². The van der Waals surface area contributed by atoms with E-state index < -0.39 is 0 Å². The molecule has 0 spiro atoms. The average molecular weight is 341 g/mol. The van der Waals surface area contributed by atoms with Crippen LogP contribution < -0.4 is 0 Å². The van der Waals surface area contributed by atoms with Crippen LogP contribution in [0.2, 0.25) is 5.02 Å². The van der Waals surface area contributed by atoms with Crippen molar-refractivity contribution in [2.75, 3.05) is 14.2 Å². The number of benzene rings is 1. The van der Waals surface area contributed by atoms with Crippen molar-refractivity contribution in [2.24, 2.45) is 0 Å². The predicted molar refractivity (Wildman–Crippen MR) is 86.5 cm³/mol. The van der Waals surface area contributed by atoms with Crippen LogP contribution in [0, 0.1) is 0 Å². The summed E-state index contributed by atoms with van der Waals surface area (Å²) >= 11 is 7.34. The van der Waals surface area contributed by atoms with Crippen LogP contribution in [0.25, 0.3) is 0 Å². The monoisotopic (exact) mass is 340 g/mol. The fourth-order valence-electron chi connectivity index (χ4n) is 1.86. The van der Waals surface area contributed by atoms with Crippen LogP contribution in [0.1, 0.15) is 34.1 Å². The molecule has 0 aliphatic carbocycles. The van der Waals surface area contributed by atoms with Crippen LogP contribution >= 0.6 is 22.9 Å². The Morgan fingerprint density at radius 3 is 2.91 bits per heavy atom. The summed E-state index contributed by atoms with van der Waals surface area (Å²) in [6, 6.07) is 4.40. The Hall–Kier alpha value is -1.63. The summed E-state index contributed by atoms with van der Waals surface area (Å²) in [5.74, 6) is -0.227.